The Labute approximate surface area is 407 Å². The smallest absolute Gasteiger partial charge is 0.137 e. The van der Waals surface area contributed by atoms with Crippen molar-refractivity contribution in [2.45, 2.75) is 53.4 Å². The average Bonchev–Trinajstić information content (AvgIpc) is 4.15. The summed E-state index contributed by atoms with van der Waals surface area (Å²) in [6, 6.07) is 28.3. The second-order valence-corrected chi connectivity index (χ2v) is 18.2. The summed E-state index contributed by atoms with van der Waals surface area (Å²) in [7, 11) is 0. The van der Waals surface area contributed by atoms with Gasteiger partial charge in [-0.3, -0.25) is 4.57 Å². The Morgan fingerprint density at radius 1 is 0.561 bits per heavy atom. The van der Waals surface area contributed by atoms with Gasteiger partial charge in [-0.05, 0) is 131 Å². The molecule has 66 heavy (non-hydrogen) atoms. The molecule has 3 heterocycles. The molecule has 0 radical (unpaired) electrons. The highest BCUT2D eigenvalue weighted by molar-refractivity contribution is 6.09. The lowest BCUT2D eigenvalue weighted by atomic mass is 9.88. The number of para-hydroxylation sites is 4. The molecule has 1 aliphatic heterocycles. The first-order valence-electron chi connectivity index (χ1n) is 28.6. The molecule has 1 aliphatic rings. The first-order valence-corrected chi connectivity index (χ1v) is 22.1. The number of hydrogen-bond donors (Lipinski definition) is 0. The Morgan fingerprint density at radius 3 is 1.88 bits per heavy atom. The van der Waals surface area contributed by atoms with E-state index in [0.29, 0.717) is 17.8 Å². The average molecular weight is 868 g/mol. The maximum atomic E-state index is 9.55. The number of pyridine rings is 1. The highest BCUT2D eigenvalue weighted by atomic mass is 15.4. The quantitative estimate of drug-likeness (QED) is 0.152. The van der Waals surface area contributed by atoms with Gasteiger partial charge >= 0.3 is 0 Å². The van der Waals surface area contributed by atoms with E-state index in [1.165, 1.54) is 0 Å². The summed E-state index contributed by atoms with van der Waals surface area (Å²) < 4.78 is 119. The van der Waals surface area contributed by atoms with Crippen LogP contribution in [0.15, 0.2) is 194 Å². The summed E-state index contributed by atoms with van der Waals surface area (Å²) >= 11 is 0. The fourth-order valence-electron chi connectivity index (χ4n) is 9.74. The van der Waals surface area contributed by atoms with Crippen LogP contribution >= 0.6 is 0 Å². The molecule has 0 spiro atoms. The molecule has 8 aromatic carbocycles. The van der Waals surface area contributed by atoms with Gasteiger partial charge in [-0.2, -0.15) is 0 Å². The van der Waals surface area contributed by atoms with Crippen LogP contribution in [0.4, 0.5) is 22.7 Å². The van der Waals surface area contributed by atoms with E-state index < -0.39 is 89.7 Å². The predicted octanol–water partition coefficient (Wildman–Crippen LogP) is 16.2. The minimum atomic E-state index is -0.730. The van der Waals surface area contributed by atoms with Crippen LogP contribution in [0.2, 0.25) is 0 Å². The number of aryl methyl sites for hydroxylation is 3. The van der Waals surface area contributed by atoms with Crippen LogP contribution in [0.25, 0.3) is 61.0 Å². The molecule has 11 rings (SSSR count). The number of benzene rings is 8. The van der Waals surface area contributed by atoms with E-state index in [4.69, 9.17) is 13.2 Å². The van der Waals surface area contributed by atoms with Gasteiger partial charge in [-0.25, -0.2) is 4.98 Å². The lowest BCUT2D eigenvalue weighted by Gasteiger charge is -2.27. The molecule has 322 valence electrons. The first-order chi connectivity index (χ1) is 37.5. The van der Waals surface area contributed by atoms with Crippen molar-refractivity contribution < 1.29 is 17.8 Å². The molecule has 0 amide bonds. The largest absolute Gasteiger partial charge is 0.321 e. The van der Waals surface area contributed by atoms with Crippen molar-refractivity contribution in [3.05, 3.63) is 227 Å². The number of anilines is 4. The van der Waals surface area contributed by atoms with Gasteiger partial charge in [0.15, 0.2) is 0 Å². The third-order valence-corrected chi connectivity index (χ3v) is 12.6. The fourth-order valence-corrected chi connectivity index (χ4v) is 9.74. The van der Waals surface area contributed by atoms with E-state index in [9.17, 15) is 9.60 Å². The van der Waals surface area contributed by atoms with Crippen molar-refractivity contribution in [3.8, 4) is 39.2 Å². The summed E-state index contributed by atoms with van der Waals surface area (Å²) in [6.45, 7) is 12.7. The number of aromatic nitrogens is 2. The molecule has 0 saturated heterocycles. The van der Waals surface area contributed by atoms with Crippen molar-refractivity contribution in [2.24, 2.45) is 0 Å². The molecule has 0 saturated carbocycles. The van der Waals surface area contributed by atoms with E-state index in [-0.39, 0.29) is 28.9 Å². The molecule has 0 atom stereocenters. The summed E-state index contributed by atoms with van der Waals surface area (Å²) in [5.74, 6) is 0.819. The molecule has 2 aromatic heterocycles. The number of hydrogen-bond acceptors (Lipinski definition) is 3. The van der Waals surface area contributed by atoms with Crippen LogP contribution in [0.3, 0.4) is 0 Å². The van der Waals surface area contributed by atoms with Gasteiger partial charge in [0.1, 0.15) is 12.5 Å². The van der Waals surface area contributed by atoms with Crippen molar-refractivity contribution in [3.63, 3.8) is 0 Å². The van der Waals surface area contributed by atoms with E-state index in [1.54, 1.807) is 17.0 Å². The van der Waals surface area contributed by atoms with Gasteiger partial charge in [0.05, 0.1) is 45.9 Å². The first kappa shape index (κ1) is 29.0. The fraction of sp³-hybridized carbons (Fsp3) is 0.145. The van der Waals surface area contributed by atoms with Gasteiger partial charge in [-0.1, -0.05) is 166 Å². The van der Waals surface area contributed by atoms with Gasteiger partial charge in [-0.15, -0.1) is 0 Å². The Hall–Kier alpha value is -7.69. The topological polar surface area (TPSA) is 24.3 Å². The maximum Gasteiger partial charge on any atom is 0.137 e. The summed E-state index contributed by atoms with van der Waals surface area (Å²) in [5.41, 5.74) is 10.6. The lowest BCUT2D eigenvalue weighted by molar-refractivity contribution is 0.588. The van der Waals surface area contributed by atoms with E-state index in [2.05, 4.69) is 119 Å². The molecule has 4 nitrogen and oxygen atoms in total. The highest BCUT2D eigenvalue weighted by Gasteiger charge is 2.32. The monoisotopic (exact) mass is 868 g/mol. The molecule has 0 bridgehead atoms. The Kier molecular flexibility index (Phi) is 7.19. The van der Waals surface area contributed by atoms with Gasteiger partial charge < -0.3 is 9.80 Å². The molecule has 0 unspecified atom stereocenters. The van der Waals surface area contributed by atoms with E-state index >= 15 is 0 Å². The van der Waals surface area contributed by atoms with Crippen LogP contribution in [-0.2, 0) is 11.8 Å². The van der Waals surface area contributed by atoms with Crippen molar-refractivity contribution in [2.75, 3.05) is 16.5 Å². The third kappa shape index (κ3) is 7.33. The van der Waals surface area contributed by atoms with E-state index in [1.807, 2.05) is 35.4 Å². The minimum Gasteiger partial charge on any atom is -0.321 e. The van der Waals surface area contributed by atoms with Gasteiger partial charge in [0.2, 0.25) is 0 Å². The van der Waals surface area contributed by atoms with Crippen LogP contribution in [-0.4, -0.2) is 16.2 Å². The molecule has 0 fully saturated rings. The maximum absolute atomic E-state index is 9.55. The molecular weight excluding hydrogens is 801 g/mol. The molecule has 0 N–H and O–H groups in total. The van der Waals surface area contributed by atoms with E-state index in [0.717, 1.165) is 77.8 Å². The van der Waals surface area contributed by atoms with Crippen LogP contribution in [0, 0.1) is 20.8 Å². The zero-order valence-electron chi connectivity index (χ0n) is 50.7. The second-order valence-electron chi connectivity index (χ2n) is 18.2. The van der Waals surface area contributed by atoms with Crippen LogP contribution in [0.5, 0.6) is 0 Å². The number of fused-ring (bicyclic) bond motifs is 4. The standard InChI is InChI=1S/C62H54N4/c1-41-32-42(2)60(43(3)33-41)48-35-45(34-44-28-29-54-53-22-13-14-25-55(53)66(58(54)37-44)59-39-49(30-31-63-59)62(4,5)6)36-50(38-48)64-40-65(57-27-16-15-26-56(57)64)61-51(46-18-9-7-10-19-46)23-17-24-52(61)47-20-11-8-12-21-47/h7-33,35-39H,34,40H2,1-6H3/i7D,8D,9D,10D,11D,12D,17D,18D,19D,20D,21D,23D,24D. The Morgan fingerprint density at radius 2 is 1.20 bits per heavy atom. The zero-order valence-corrected chi connectivity index (χ0v) is 37.7. The normalized spacial score (nSPS) is 15.4. The van der Waals surface area contributed by atoms with Crippen molar-refractivity contribution >= 4 is 44.6 Å². The second kappa shape index (κ2) is 16.4. The zero-order chi connectivity index (χ0) is 56.4. The minimum absolute atomic E-state index is 0.0889. The predicted molar refractivity (Wildman–Crippen MR) is 279 cm³/mol. The number of nitrogens with zero attached hydrogens (tertiary/aromatic N) is 4. The number of rotatable bonds is 8. The third-order valence-electron chi connectivity index (χ3n) is 12.6. The molecule has 0 aliphatic carbocycles. The van der Waals surface area contributed by atoms with Gasteiger partial charge in [0.25, 0.3) is 0 Å². The summed E-state index contributed by atoms with van der Waals surface area (Å²) in [6.07, 6.45) is 2.38. The van der Waals surface area contributed by atoms with Crippen molar-refractivity contribution in [1.29, 1.82) is 0 Å². The summed E-state index contributed by atoms with van der Waals surface area (Å²) in [5, 5.41) is 2.20. The van der Waals surface area contributed by atoms with Crippen molar-refractivity contribution in [1.82, 2.24) is 9.55 Å². The Balaban J connectivity index is 1.15. The molecular formula is C62H54N4. The van der Waals surface area contributed by atoms with Gasteiger partial charge in [0, 0.05) is 33.8 Å². The lowest BCUT2D eigenvalue weighted by Crippen LogP contribution is -2.25. The molecule has 10 aromatic rings. The SMILES string of the molecule is [2H]c1c([2H])c([2H])c(-c2c([2H])c([2H])c([2H])c(-c3c([2H])c([2H])c([2H])c([2H])c3[2H])c2N2CN(c3cc(Cc4ccc5c6ccccc6n(-c6cc(C(C)(C)C)ccn6)c5c4)cc(-c4c(C)cc(C)cc4C)c3)c3ccccc32)c([2H])c1[2H]. The highest BCUT2D eigenvalue weighted by Crippen LogP contribution is 2.50. The summed E-state index contributed by atoms with van der Waals surface area (Å²) in [4.78, 5) is 8.65. The Bertz CT molecular complexity index is 4060. The molecule has 4 heteroatoms. The van der Waals surface area contributed by atoms with Crippen LogP contribution in [0.1, 0.15) is 72.0 Å². The van der Waals surface area contributed by atoms with Crippen LogP contribution < -0.4 is 9.80 Å².